The molecule has 0 aromatic carbocycles. The van der Waals surface area contributed by atoms with Crippen LogP contribution in [-0.4, -0.2) is 60.7 Å². The van der Waals surface area contributed by atoms with Crippen LogP contribution in [0, 0.1) is 13.8 Å². The third-order valence-electron chi connectivity index (χ3n) is 5.04. The minimum absolute atomic E-state index is 0.317. The molecule has 27 heavy (non-hydrogen) atoms. The van der Waals surface area contributed by atoms with Crippen molar-refractivity contribution in [2.45, 2.75) is 33.2 Å². The number of nitrogens with one attached hydrogen (secondary N) is 1. The van der Waals surface area contributed by atoms with Crippen LogP contribution in [0.2, 0.25) is 4.34 Å². The zero-order valence-corrected chi connectivity index (χ0v) is 18.0. The summed E-state index contributed by atoms with van der Waals surface area (Å²) in [5, 5.41) is 7.58. The van der Waals surface area contributed by atoms with Crippen LogP contribution in [0.5, 0.6) is 0 Å². The molecule has 0 aliphatic carbocycles. The second kappa shape index (κ2) is 9.08. The van der Waals surface area contributed by atoms with Crippen molar-refractivity contribution in [2.24, 2.45) is 4.99 Å². The highest BCUT2D eigenvalue weighted by atomic mass is 35.5. The first-order valence-corrected chi connectivity index (χ1v) is 10.5. The van der Waals surface area contributed by atoms with Crippen molar-refractivity contribution in [3.05, 3.63) is 38.4 Å². The highest BCUT2D eigenvalue weighted by Crippen LogP contribution is 2.24. The van der Waals surface area contributed by atoms with Gasteiger partial charge in [0.2, 0.25) is 0 Å². The first-order chi connectivity index (χ1) is 13.0. The van der Waals surface area contributed by atoms with E-state index >= 15 is 0 Å². The smallest absolute Gasteiger partial charge is 0.193 e. The van der Waals surface area contributed by atoms with Gasteiger partial charge in [0.25, 0.3) is 0 Å². The Morgan fingerprint density at radius 1 is 1.33 bits per heavy atom. The maximum Gasteiger partial charge on any atom is 0.193 e. The second-order valence-corrected chi connectivity index (χ2v) is 8.84. The van der Waals surface area contributed by atoms with Crippen molar-refractivity contribution < 1.29 is 4.52 Å². The molecule has 0 saturated carbocycles. The lowest BCUT2D eigenvalue weighted by Crippen LogP contribution is -2.52. The van der Waals surface area contributed by atoms with Gasteiger partial charge in [0, 0.05) is 62.7 Å². The predicted molar refractivity (Wildman–Crippen MR) is 112 cm³/mol. The van der Waals surface area contributed by atoms with Crippen LogP contribution >= 0.6 is 22.9 Å². The van der Waals surface area contributed by atoms with E-state index in [1.54, 1.807) is 11.3 Å². The quantitative estimate of drug-likeness (QED) is 0.605. The highest BCUT2D eigenvalue weighted by Gasteiger charge is 2.22. The third-order valence-corrected chi connectivity index (χ3v) is 6.26. The monoisotopic (exact) mass is 409 g/mol. The van der Waals surface area contributed by atoms with Crippen LogP contribution < -0.4 is 5.32 Å². The normalized spacial score (nSPS) is 17.4. The summed E-state index contributed by atoms with van der Waals surface area (Å²) in [6.45, 7) is 11.9. The fourth-order valence-electron chi connectivity index (χ4n) is 3.65. The molecule has 0 bridgehead atoms. The summed E-state index contributed by atoms with van der Waals surface area (Å²) < 4.78 is 6.16. The SMILES string of the molecule is CN=C(NCC(C)c1c(C)noc1C)N1CCN(Cc2ccc(Cl)s2)CC1. The number of aromatic nitrogens is 1. The lowest BCUT2D eigenvalue weighted by Gasteiger charge is -2.36. The van der Waals surface area contributed by atoms with Crippen LogP contribution in [0.4, 0.5) is 0 Å². The van der Waals surface area contributed by atoms with E-state index in [1.807, 2.05) is 27.0 Å². The average Bonchev–Trinajstić information content (AvgIpc) is 3.21. The van der Waals surface area contributed by atoms with Crippen molar-refractivity contribution in [1.82, 2.24) is 20.3 Å². The molecule has 0 spiro atoms. The topological polar surface area (TPSA) is 56.9 Å². The number of rotatable bonds is 5. The summed E-state index contributed by atoms with van der Waals surface area (Å²) in [5.41, 5.74) is 2.16. The van der Waals surface area contributed by atoms with Crippen LogP contribution in [0.25, 0.3) is 0 Å². The molecule has 2 aromatic heterocycles. The number of hydrogen-bond acceptors (Lipinski definition) is 5. The number of hydrogen-bond donors (Lipinski definition) is 1. The highest BCUT2D eigenvalue weighted by molar-refractivity contribution is 7.16. The predicted octanol–water partition coefficient (Wildman–Crippen LogP) is 3.50. The molecule has 1 atom stereocenters. The van der Waals surface area contributed by atoms with Crippen molar-refractivity contribution in [3.63, 3.8) is 0 Å². The van der Waals surface area contributed by atoms with E-state index in [-0.39, 0.29) is 0 Å². The molecule has 0 radical (unpaired) electrons. The van der Waals surface area contributed by atoms with Gasteiger partial charge in [0.05, 0.1) is 10.0 Å². The summed E-state index contributed by atoms with van der Waals surface area (Å²) in [7, 11) is 1.85. The van der Waals surface area contributed by atoms with Gasteiger partial charge in [-0.1, -0.05) is 23.7 Å². The van der Waals surface area contributed by atoms with Crippen LogP contribution in [0.3, 0.4) is 0 Å². The van der Waals surface area contributed by atoms with Crippen molar-refractivity contribution in [3.8, 4) is 0 Å². The van der Waals surface area contributed by atoms with E-state index in [0.717, 1.165) is 61.0 Å². The first-order valence-electron chi connectivity index (χ1n) is 9.33. The maximum absolute atomic E-state index is 6.04. The molecule has 1 fully saturated rings. The van der Waals surface area contributed by atoms with Gasteiger partial charge in [-0.3, -0.25) is 9.89 Å². The number of piperazine rings is 1. The summed E-state index contributed by atoms with van der Waals surface area (Å²) in [6.07, 6.45) is 0. The maximum atomic E-state index is 6.04. The molecule has 3 heterocycles. The Morgan fingerprint density at radius 3 is 2.63 bits per heavy atom. The minimum atomic E-state index is 0.317. The summed E-state index contributed by atoms with van der Waals surface area (Å²) >= 11 is 7.70. The van der Waals surface area contributed by atoms with Gasteiger partial charge in [0.15, 0.2) is 5.96 Å². The Balaban J connectivity index is 1.49. The molecule has 1 aliphatic heterocycles. The fraction of sp³-hybridized carbons (Fsp3) is 0.579. The lowest BCUT2D eigenvalue weighted by molar-refractivity contribution is 0.173. The van der Waals surface area contributed by atoms with Crippen LogP contribution in [0.1, 0.15) is 34.7 Å². The van der Waals surface area contributed by atoms with E-state index in [2.05, 4.69) is 38.3 Å². The summed E-state index contributed by atoms with van der Waals surface area (Å²) in [5.74, 6) is 2.18. The number of aliphatic imine (C=N–C) groups is 1. The molecule has 0 amide bonds. The van der Waals surface area contributed by atoms with Gasteiger partial charge in [-0.15, -0.1) is 11.3 Å². The van der Waals surface area contributed by atoms with Gasteiger partial charge in [0.1, 0.15) is 5.76 Å². The first kappa shape index (κ1) is 20.2. The minimum Gasteiger partial charge on any atom is -0.361 e. The zero-order valence-electron chi connectivity index (χ0n) is 16.5. The molecule has 3 rings (SSSR count). The molecule has 1 N–H and O–H groups in total. The Labute approximate surface area is 170 Å². The third kappa shape index (κ3) is 5.03. The summed E-state index contributed by atoms with van der Waals surface area (Å²) in [4.78, 5) is 10.6. The number of aryl methyl sites for hydroxylation is 2. The average molecular weight is 410 g/mol. The molecule has 8 heteroatoms. The van der Waals surface area contributed by atoms with Gasteiger partial charge in [-0.05, 0) is 26.0 Å². The van der Waals surface area contributed by atoms with Crippen molar-refractivity contribution >= 4 is 28.9 Å². The van der Waals surface area contributed by atoms with Gasteiger partial charge >= 0.3 is 0 Å². The molecular formula is C19H28ClN5OS. The molecule has 6 nitrogen and oxygen atoms in total. The second-order valence-electron chi connectivity index (χ2n) is 7.04. The Hall–Kier alpha value is -1.57. The molecule has 148 valence electrons. The standard InChI is InChI=1S/C19H28ClN5OS/c1-13(18-14(2)23-26-15(18)3)11-22-19(21-4)25-9-7-24(8-10-25)12-16-5-6-17(20)27-16/h5-6,13H,7-12H2,1-4H3,(H,21,22). The van der Waals surface area contributed by atoms with Crippen molar-refractivity contribution in [2.75, 3.05) is 39.8 Å². The summed E-state index contributed by atoms with van der Waals surface area (Å²) in [6, 6.07) is 4.10. The molecule has 1 aliphatic rings. The van der Waals surface area contributed by atoms with E-state index in [1.165, 1.54) is 10.4 Å². The van der Waals surface area contributed by atoms with E-state index in [0.29, 0.717) is 5.92 Å². The van der Waals surface area contributed by atoms with Crippen LogP contribution in [-0.2, 0) is 6.54 Å². The zero-order chi connectivity index (χ0) is 19.4. The number of thiophene rings is 1. The number of guanidine groups is 1. The number of halogens is 1. The Bertz CT molecular complexity index is 759. The Kier molecular flexibility index (Phi) is 6.78. The van der Waals surface area contributed by atoms with Gasteiger partial charge in [-0.25, -0.2) is 0 Å². The molecular weight excluding hydrogens is 382 g/mol. The van der Waals surface area contributed by atoms with E-state index < -0.39 is 0 Å². The molecule has 2 aromatic rings. The Morgan fingerprint density at radius 2 is 2.07 bits per heavy atom. The van der Waals surface area contributed by atoms with E-state index in [9.17, 15) is 0 Å². The van der Waals surface area contributed by atoms with Gasteiger partial charge < -0.3 is 14.7 Å². The van der Waals surface area contributed by atoms with E-state index in [4.69, 9.17) is 16.1 Å². The van der Waals surface area contributed by atoms with Crippen molar-refractivity contribution in [1.29, 1.82) is 0 Å². The lowest BCUT2D eigenvalue weighted by atomic mass is 10.00. The molecule has 1 saturated heterocycles. The molecule has 1 unspecified atom stereocenters. The largest absolute Gasteiger partial charge is 0.361 e. The van der Waals surface area contributed by atoms with Crippen LogP contribution in [0.15, 0.2) is 21.6 Å². The number of nitrogens with zero attached hydrogens (tertiary/aromatic N) is 4. The van der Waals surface area contributed by atoms with Gasteiger partial charge in [-0.2, -0.15) is 0 Å². The fourth-order valence-corrected chi connectivity index (χ4v) is 4.78.